The molecule has 5 heteroatoms. The fraction of sp³-hybridized carbons (Fsp3) is 0.833. The van der Waals surface area contributed by atoms with Gasteiger partial charge in [0.05, 0.1) is 19.6 Å². The normalized spacial score (nSPS) is 10.8. The quantitative estimate of drug-likeness (QED) is 0.620. The van der Waals surface area contributed by atoms with E-state index in [1.165, 1.54) is 0 Å². The highest BCUT2D eigenvalue weighted by Gasteiger charge is 2.14. The van der Waals surface area contributed by atoms with Crippen LogP contribution in [0.2, 0.25) is 0 Å². The van der Waals surface area contributed by atoms with Crippen LogP contribution in [0, 0.1) is 0 Å². The van der Waals surface area contributed by atoms with Gasteiger partial charge in [-0.2, -0.15) is 0 Å². The summed E-state index contributed by atoms with van der Waals surface area (Å²) in [6.07, 6.45) is 0.322. The van der Waals surface area contributed by atoms with Crippen molar-refractivity contribution in [3.63, 3.8) is 0 Å². The number of esters is 1. The molecule has 0 aromatic carbocycles. The summed E-state index contributed by atoms with van der Waals surface area (Å²) < 4.78 is 4.82. The van der Waals surface area contributed by atoms with Gasteiger partial charge in [0, 0.05) is 19.6 Å². The van der Waals surface area contributed by atoms with Crippen LogP contribution in [0.15, 0.2) is 0 Å². The molecule has 0 atom stereocenters. The minimum absolute atomic E-state index is 0.0614. The molecule has 0 saturated carbocycles. The Kier molecular flexibility index (Phi) is 7.54. The van der Waals surface area contributed by atoms with Crippen LogP contribution in [-0.2, 0) is 14.3 Å². The van der Waals surface area contributed by atoms with Gasteiger partial charge in [-0.25, -0.2) is 0 Å². The maximum absolute atomic E-state index is 11.7. The van der Waals surface area contributed by atoms with Crippen LogP contribution >= 0.6 is 0 Å². The Hall–Kier alpha value is -1.10. The molecule has 0 fully saturated rings. The zero-order chi connectivity index (χ0) is 13.4. The lowest BCUT2D eigenvalue weighted by atomic mass is 10.3. The number of likely N-dealkylation sites (N-methyl/N-ethyl adjacent to an activating group) is 2. The smallest absolute Gasteiger partial charge is 0.307 e. The molecule has 0 spiro atoms. The van der Waals surface area contributed by atoms with Gasteiger partial charge in [0.1, 0.15) is 0 Å². The van der Waals surface area contributed by atoms with Gasteiger partial charge in [-0.05, 0) is 27.8 Å². The van der Waals surface area contributed by atoms with E-state index in [9.17, 15) is 9.59 Å². The first kappa shape index (κ1) is 15.9. The van der Waals surface area contributed by atoms with Crippen molar-refractivity contribution in [3.8, 4) is 0 Å². The summed E-state index contributed by atoms with van der Waals surface area (Å²) in [7, 11) is 3.61. The summed E-state index contributed by atoms with van der Waals surface area (Å²) in [5.74, 6) is -0.157. The van der Waals surface area contributed by atoms with Crippen molar-refractivity contribution in [2.75, 3.05) is 33.8 Å². The minimum Gasteiger partial charge on any atom is -0.466 e. The first-order valence-electron chi connectivity index (χ1n) is 5.98. The molecule has 1 amide bonds. The highest BCUT2D eigenvalue weighted by molar-refractivity contribution is 5.78. The van der Waals surface area contributed by atoms with E-state index in [0.717, 1.165) is 0 Å². The second-order valence-corrected chi connectivity index (χ2v) is 4.39. The molecule has 5 nitrogen and oxygen atoms in total. The van der Waals surface area contributed by atoms with E-state index < -0.39 is 0 Å². The van der Waals surface area contributed by atoms with Crippen LogP contribution < -0.4 is 0 Å². The Bertz CT molecular complexity index is 254. The molecular formula is C12H24N2O3. The van der Waals surface area contributed by atoms with Crippen molar-refractivity contribution < 1.29 is 14.3 Å². The summed E-state index contributed by atoms with van der Waals surface area (Å²) in [4.78, 5) is 26.4. The van der Waals surface area contributed by atoms with Gasteiger partial charge >= 0.3 is 5.97 Å². The van der Waals surface area contributed by atoms with Crippen LogP contribution in [0.5, 0.6) is 0 Å². The summed E-state index contributed by atoms with van der Waals surface area (Å²) in [5.41, 5.74) is 0. The monoisotopic (exact) mass is 244 g/mol. The molecule has 0 aromatic rings. The fourth-order valence-corrected chi connectivity index (χ4v) is 1.22. The predicted octanol–water partition coefficient (Wildman–Crippen LogP) is 0.738. The average Bonchev–Trinajstić information content (AvgIpc) is 2.25. The standard InChI is InChI=1S/C12H24N2O3/c1-6-17-12(16)7-8-13(4)9-11(15)14(5)10(2)3/h10H,6-9H2,1-5H3. The molecule has 0 heterocycles. The number of nitrogens with zero attached hydrogens (tertiary/aromatic N) is 2. The second-order valence-electron chi connectivity index (χ2n) is 4.39. The lowest BCUT2D eigenvalue weighted by molar-refractivity contribution is -0.144. The molecular weight excluding hydrogens is 220 g/mol. The van der Waals surface area contributed by atoms with Crippen molar-refractivity contribution in [3.05, 3.63) is 0 Å². The third kappa shape index (κ3) is 6.94. The Morgan fingerprint density at radius 1 is 1.24 bits per heavy atom. The van der Waals surface area contributed by atoms with E-state index in [-0.39, 0.29) is 17.9 Å². The third-order valence-corrected chi connectivity index (χ3v) is 2.58. The maximum atomic E-state index is 11.7. The zero-order valence-electron chi connectivity index (χ0n) is 11.5. The van der Waals surface area contributed by atoms with Gasteiger partial charge in [-0.3, -0.25) is 14.5 Å². The van der Waals surface area contributed by atoms with E-state index in [0.29, 0.717) is 26.1 Å². The third-order valence-electron chi connectivity index (χ3n) is 2.58. The molecule has 0 aliphatic carbocycles. The summed E-state index contributed by atoms with van der Waals surface area (Å²) in [5, 5.41) is 0. The minimum atomic E-state index is -0.219. The number of hydrogen-bond acceptors (Lipinski definition) is 4. The second kappa shape index (κ2) is 8.06. The van der Waals surface area contributed by atoms with Crippen LogP contribution in [0.1, 0.15) is 27.2 Å². The van der Waals surface area contributed by atoms with Crippen molar-refractivity contribution in [2.24, 2.45) is 0 Å². The molecule has 0 aliphatic rings. The Balaban J connectivity index is 3.89. The van der Waals surface area contributed by atoms with E-state index in [2.05, 4.69) is 0 Å². The summed E-state index contributed by atoms with van der Waals surface area (Å²) in [6, 6.07) is 0.195. The average molecular weight is 244 g/mol. The number of ether oxygens (including phenoxy) is 1. The van der Waals surface area contributed by atoms with Crippen LogP contribution in [0.4, 0.5) is 0 Å². The van der Waals surface area contributed by atoms with E-state index in [1.807, 2.05) is 25.8 Å². The SMILES string of the molecule is CCOC(=O)CCN(C)CC(=O)N(C)C(C)C. The summed E-state index contributed by atoms with van der Waals surface area (Å²) in [6.45, 7) is 6.98. The summed E-state index contributed by atoms with van der Waals surface area (Å²) >= 11 is 0. The molecule has 0 bridgehead atoms. The lowest BCUT2D eigenvalue weighted by Gasteiger charge is -2.24. The van der Waals surface area contributed by atoms with Gasteiger partial charge < -0.3 is 9.64 Å². The van der Waals surface area contributed by atoms with Gasteiger partial charge in [-0.15, -0.1) is 0 Å². The Morgan fingerprint density at radius 3 is 2.29 bits per heavy atom. The van der Waals surface area contributed by atoms with Gasteiger partial charge in [0.2, 0.25) is 5.91 Å². The predicted molar refractivity (Wildman–Crippen MR) is 66.7 cm³/mol. The van der Waals surface area contributed by atoms with Crippen molar-refractivity contribution in [1.82, 2.24) is 9.80 Å². The van der Waals surface area contributed by atoms with E-state index in [1.54, 1.807) is 18.9 Å². The number of carbonyl (C=O) groups excluding carboxylic acids is 2. The topological polar surface area (TPSA) is 49.9 Å². The molecule has 0 radical (unpaired) electrons. The molecule has 0 saturated heterocycles. The molecule has 0 rings (SSSR count). The van der Waals surface area contributed by atoms with Gasteiger partial charge in [0.25, 0.3) is 0 Å². The van der Waals surface area contributed by atoms with Crippen LogP contribution in [0.3, 0.4) is 0 Å². The number of amides is 1. The molecule has 0 unspecified atom stereocenters. The van der Waals surface area contributed by atoms with Crippen LogP contribution in [0.25, 0.3) is 0 Å². The highest BCUT2D eigenvalue weighted by Crippen LogP contribution is 1.97. The number of carbonyl (C=O) groups is 2. The van der Waals surface area contributed by atoms with Gasteiger partial charge in [0.15, 0.2) is 0 Å². The Labute approximate surface area is 104 Å². The molecule has 0 N–H and O–H groups in total. The molecule has 0 aliphatic heterocycles. The van der Waals surface area contributed by atoms with Crippen LogP contribution in [-0.4, -0.2) is 61.5 Å². The van der Waals surface area contributed by atoms with E-state index in [4.69, 9.17) is 4.74 Å². The molecule has 100 valence electrons. The van der Waals surface area contributed by atoms with Crippen molar-refractivity contribution >= 4 is 11.9 Å². The number of rotatable bonds is 7. The van der Waals surface area contributed by atoms with Crippen molar-refractivity contribution in [2.45, 2.75) is 33.2 Å². The first-order chi connectivity index (χ1) is 7.88. The molecule has 17 heavy (non-hydrogen) atoms. The largest absolute Gasteiger partial charge is 0.466 e. The van der Waals surface area contributed by atoms with Gasteiger partial charge in [-0.1, -0.05) is 0 Å². The van der Waals surface area contributed by atoms with E-state index >= 15 is 0 Å². The number of hydrogen-bond donors (Lipinski definition) is 0. The maximum Gasteiger partial charge on any atom is 0.307 e. The zero-order valence-corrected chi connectivity index (χ0v) is 11.5. The first-order valence-corrected chi connectivity index (χ1v) is 5.98. The van der Waals surface area contributed by atoms with Crippen molar-refractivity contribution in [1.29, 1.82) is 0 Å². The highest BCUT2D eigenvalue weighted by atomic mass is 16.5. The molecule has 0 aromatic heterocycles. The Morgan fingerprint density at radius 2 is 1.82 bits per heavy atom. The fourth-order valence-electron chi connectivity index (χ4n) is 1.22. The lowest BCUT2D eigenvalue weighted by Crippen LogP contribution is -2.40.